The van der Waals surface area contributed by atoms with E-state index in [9.17, 15) is 9.59 Å². The highest BCUT2D eigenvalue weighted by atomic mass is 32.5. The Labute approximate surface area is 174 Å². The third-order valence-corrected chi connectivity index (χ3v) is 6.87. The molecule has 1 aliphatic carbocycles. The van der Waals surface area contributed by atoms with Crippen LogP contribution in [0.3, 0.4) is 0 Å². The molecule has 0 spiro atoms. The summed E-state index contributed by atoms with van der Waals surface area (Å²) in [4.78, 5) is 21.7. The van der Waals surface area contributed by atoms with Crippen molar-refractivity contribution in [1.82, 2.24) is 4.78 Å². The molecule has 6 nitrogen and oxygen atoms in total. The fourth-order valence-electron chi connectivity index (χ4n) is 2.40. The molecule has 0 atom stereocenters. The maximum atomic E-state index is 10.9. The van der Waals surface area contributed by atoms with E-state index < -0.39 is 6.64 Å². The third kappa shape index (κ3) is 5.50. The predicted molar refractivity (Wildman–Crippen MR) is 117 cm³/mol. The van der Waals surface area contributed by atoms with E-state index in [4.69, 9.17) is 20.9 Å². The number of hydrogen-bond acceptors (Lipinski definition) is 6. The van der Waals surface area contributed by atoms with Crippen LogP contribution in [0.25, 0.3) is 0 Å². The summed E-state index contributed by atoms with van der Waals surface area (Å²) < 4.78 is 13.6. The third-order valence-electron chi connectivity index (χ3n) is 4.02. The van der Waals surface area contributed by atoms with Gasteiger partial charge in [-0.25, -0.2) is 4.78 Å². The standard InChI is InChI=1S/C21H19N2O4PS/c1-23(22-14-17-4-2-3-5-17)28(29,26-20-10-6-18(15-24)7-11-20)27-21-12-8-19(16-25)9-13-21/h2-4,6-16H,5H2,1H3/b22-14+. The Hall–Kier alpha value is -3.02. The fraction of sp³-hybridized carbons (Fsp3) is 0.0952. The number of hydrazone groups is 1. The van der Waals surface area contributed by atoms with Crippen LogP contribution >= 0.6 is 6.64 Å². The number of rotatable bonds is 9. The van der Waals surface area contributed by atoms with Gasteiger partial charge in [0.25, 0.3) is 0 Å². The zero-order valence-corrected chi connectivity index (χ0v) is 17.4. The Kier molecular flexibility index (Phi) is 6.75. The maximum Gasteiger partial charge on any atom is 0.410 e. The smallest absolute Gasteiger partial charge is 0.410 e. The first-order valence-electron chi connectivity index (χ1n) is 8.76. The molecule has 0 fully saturated rings. The zero-order valence-electron chi connectivity index (χ0n) is 15.7. The van der Waals surface area contributed by atoms with Gasteiger partial charge in [0, 0.05) is 30.0 Å². The Morgan fingerprint density at radius 1 is 0.966 bits per heavy atom. The van der Waals surface area contributed by atoms with Crippen LogP contribution < -0.4 is 9.05 Å². The summed E-state index contributed by atoms with van der Waals surface area (Å²) in [5.41, 5.74) is 2.11. The van der Waals surface area contributed by atoms with Crippen molar-refractivity contribution in [2.75, 3.05) is 7.05 Å². The van der Waals surface area contributed by atoms with Gasteiger partial charge in [0.1, 0.15) is 24.1 Å². The van der Waals surface area contributed by atoms with Crippen molar-refractivity contribution in [2.45, 2.75) is 6.42 Å². The van der Waals surface area contributed by atoms with Gasteiger partial charge >= 0.3 is 6.64 Å². The molecular formula is C21H19N2O4PS. The molecule has 148 valence electrons. The molecule has 29 heavy (non-hydrogen) atoms. The van der Waals surface area contributed by atoms with Crippen LogP contribution in [-0.4, -0.2) is 30.6 Å². The Balaban J connectivity index is 1.86. The molecular weight excluding hydrogens is 407 g/mol. The van der Waals surface area contributed by atoms with Gasteiger partial charge in [-0.2, -0.15) is 5.10 Å². The first kappa shape index (κ1) is 20.7. The second kappa shape index (κ2) is 9.45. The van der Waals surface area contributed by atoms with Crippen molar-refractivity contribution in [3.05, 3.63) is 83.5 Å². The summed E-state index contributed by atoms with van der Waals surface area (Å²) >= 11 is 5.76. The summed E-state index contributed by atoms with van der Waals surface area (Å²) in [6, 6.07) is 13.2. The highest BCUT2D eigenvalue weighted by Gasteiger charge is 2.28. The van der Waals surface area contributed by atoms with Gasteiger partial charge in [-0.1, -0.05) is 18.2 Å². The zero-order chi connectivity index (χ0) is 20.7. The lowest BCUT2D eigenvalue weighted by atomic mass is 10.2. The largest absolute Gasteiger partial charge is 0.420 e. The Morgan fingerprint density at radius 2 is 1.48 bits per heavy atom. The molecule has 0 unspecified atom stereocenters. The van der Waals surface area contributed by atoms with Crippen LogP contribution in [0.15, 0.2) is 77.4 Å². The van der Waals surface area contributed by atoms with Gasteiger partial charge in [-0.15, -0.1) is 0 Å². The number of benzene rings is 2. The highest BCUT2D eigenvalue weighted by Crippen LogP contribution is 2.51. The van der Waals surface area contributed by atoms with Crippen LogP contribution in [0.2, 0.25) is 0 Å². The summed E-state index contributed by atoms with van der Waals surface area (Å²) in [6.45, 7) is -3.11. The highest BCUT2D eigenvalue weighted by molar-refractivity contribution is 8.09. The molecule has 1 aliphatic rings. The van der Waals surface area contributed by atoms with Gasteiger partial charge in [-0.05, 0) is 60.5 Å². The van der Waals surface area contributed by atoms with E-state index in [0.717, 1.165) is 24.6 Å². The van der Waals surface area contributed by atoms with Gasteiger partial charge in [0.05, 0.1) is 6.21 Å². The van der Waals surface area contributed by atoms with Crippen LogP contribution in [0.1, 0.15) is 27.1 Å². The molecule has 0 aromatic heterocycles. The van der Waals surface area contributed by atoms with E-state index in [2.05, 4.69) is 5.10 Å². The predicted octanol–water partition coefficient (Wildman–Crippen LogP) is 4.80. The maximum absolute atomic E-state index is 10.9. The number of allylic oxidation sites excluding steroid dienone is 4. The van der Waals surface area contributed by atoms with E-state index in [-0.39, 0.29) is 0 Å². The summed E-state index contributed by atoms with van der Waals surface area (Å²) in [6.07, 6.45) is 10.0. The minimum absolute atomic E-state index is 0.465. The number of nitrogens with zero attached hydrogens (tertiary/aromatic N) is 2. The van der Waals surface area contributed by atoms with Crippen LogP contribution in [-0.2, 0) is 11.8 Å². The van der Waals surface area contributed by atoms with Gasteiger partial charge in [0.2, 0.25) is 0 Å². The number of aldehydes is 2. The molecule has 0 amide bonds. The lowest BCUT2D eigenvalue weighted by Gasteiger charge is -2.29. The Morgan fingerprint density at radius 3 is 1.90 bits per heavy atom. The van der Waals surface area contributed by atoms with Gasteiger partial charge in [-0.3, -0.25) is 9.59 Å². The average Bonchev–Trinajstić information content (AvgIpc) is 3.26. The van der Waals surface area contributed by atoms with Gasteiger partial charge < -0.3 is 9.05 Å². The second-order valence-corrected chi connectivity index (χ2v) is 9.40. The lowest BCUT2D eigenvalue weighted by molar-refractivity contribution is 0.111. The molecule has 2 aromatic rings. The minimum atomic E-state index is -3.11. The molecule has 0 bridgehead atoms. The average molecular weight is 426 g/mol. The normalized spacial score (nSPS) is 13.2. The Bertz CT molecular complexity index is 956. The topological polar surface area (TPSA) is 68.2 Å². The van der Waals surface area contributed by atoms with Gasteiger partial charge in [0.15, 0.2) is 0 Å². The fourth-order valence-corrected chi connectivity index (χ4v) is 4.27. The van der Waals surface area contributed by atoms with E-state index in [1.54, 1.807) is 61.8 Å². The van der Waals surface area contributed by atoms with Crippen molar-refractivity contribution in [3.63, 3.8) is 0 Å². The first-order chi connectivity index (χ1) is 14.0. The lowest BCUT2D eigenvalue weighted by Crippen LogP contribution is -2.17. The molecule has 0 aliphatic heterocycles. The molecule has 0 saturated carbocycles. The van der Waals surface area contributed by atoms with Crippen LogP contribution in [0.5, 0.6) is 11.5 Å². The van der Waals surface area contributed by atoms with Crippen molar-refractivity contribution in [3.8, 4) is 11.5 Å². The number of carbonyl (C=O) groups excluding carboxylic acids is 2. The summed E-state index contributed by atoms with van der Waals surface area (Å²) in [5.74, 6) is 0.930. The summed E-state index contributed by atoms with van der Waals surface area (Å²) in [5, 5.41) is 4.42. The van der Waals surface area contributed by atoms with E-state index in [1.165, 1.54) is 4.78 Å². The molecule has 3 rings (SSSR count). The van der Waals surface area contributed by atoms with Crippen LogP contribution in [0.4, 0.5) is 0 Å². The number of hydrogen-bond donors (Lipinski definition) is 0. The summed E-state index contributed by atoms with van der Waals surface area (Å²) in [7, 11) is 1.69. The van der Waals surface area contributed by atoms with Crippen molar-refractivity contribution in [2.24, 2.45) is 5.10 Å². The second-order valence-electron chi connectivity index (χ2n) is 6.13. The quantitative estimate of drug-likeness (QED) is 0.248. The minimum Gasteiger partial charge on any atom is -0.420 e. The molecule has 2 aromatic carbocycles. The molecule has 0 heterocycles. The monoisotopic (exact) mass is 426 g/mol. The first-order valence-corrected chi connectivity index (χ1v) is 11.3. The molecule has 0 saturated heterocycles. The molecule has 0 N–H and O–H groups in total. The van der Waals surface area contributed by atoms with E-state index >= 15 is 0 Å². The molecule has 8 heteroatoms. The SMILES string of the molecule is CN(/N=C/C1=CC=CC1)P(=S)(Oc1ccc(C=O)cc1)Oc1ccc(C=O)cc1. The van der Waals surface area contributed by atoms with Crippen LogP contribution in [0, 0.1) is 0 Å². The van der Waals surface area contributed by atoms with Crippen molar-refractivity contribution < 1.29 is 18.6 Å². The van der Waals surface area contributed by atoms with Crippen molar-refractivity contribution in [1.29, 1.82) is 0 Å². The number of carbonyl (C=O) groups is 2. The molecule has 0 radical (unpaired) electrons. The van der Waals surface area contributed by atoms with Crippen molar-refractivity contribution >= 4 is 37.2 Å². The van der Waals surface area contributed by atoms with E-state index in [1.807, 2.05) is 18.2 Å². The van der Waals surface area contributed by atoms with E-state index in [0.29, 0.717) is 22.6 Å².